The normalized spacial score (nSPS) is 11.5. The first-order chi connectivity index (χ1) is 7.21. The molecule has 0 aliphatic carbocycles. The van der Waals surface area contributed by atoms with E-state index in [1.54, 1.807) is 0 Å². The Kier molecular flexibility index (Phi) is 3.02. The van der Waals surface area contributed by atoms with Crippen molar-refractivity contribution in [2.45, 2.75) is 19.6 Å². The fourth-order valence-electron chi connectivity index (χ4n) is 1.13. The first-order valence-electron chi connectivity index (χ1n) is 4.15. The third-order valence-corrected chi connectivity index (χ3v) is 1.73. The number of nitrogens with zero attached hydrogens (tertiary/aromatic N) is 2. The molecule has 0 aliphatic heterocycles. The molecule has 8 heteroatoms. The average molecular weight is 235 g/mol. The maximum atomic E-state index is 12.4. The Labute approximate surface area is 88.0 Å². The lowest BCUT2D eigenvalue weighted by Crippen LogP contribution is -2.19. The number of nitrogens with two attached hydrogens (primary N) is 1. The second-order valence-electron chi connectivity index (χ2n) is 3.11. The van der Waals surface area contributed by atoms with Gasteiger partial charge in [-0.1, -0.05) is 0 Å². The van der Waals surface area contributed by atoms with Crippen molar-refractivity contribution in [2.75, 3.05) is 0 Å². The Bertz CT molecular complexity index is 436. The Balaban J connectivity index is 3.21. The van der Waals surface area contributed by atoms with Gasteiger partial charge < -0.3 is 5.73 Å². The van der Waals surface area contributed by atoms with Crippen LogP contribution in [0.1, 0.15) is 23.0 Å². The number of hydrogen-bond acceptors (Lipinski definition) is 3. The molecule has 0 aromatic carbocycles. The minimum absolute atomic E-state index is 0.504. The van der Waals surface area contributed by atoms with E-state index in [9.17, 15) is 22.8 Å². The highest BCUT2D eigenvalue weighted by molar-refractivity contribution is 5.95. The fourth-order valence-corrected chi connectivity index (χ4v) is 1.13. The molecule has 2 N–H and O–H groups in total. The minimum atomic E-state index is -4.73. The molecule has 0 atom stereocenters. The van der Waals surface area contributed by atoms with E-state index in [4.69, 9.17) is 5.73 Å². The molecule has 0 aliphatic rings. The van der Waals surface area contributed by atoms with Gasteiger partial charge in [-0.2, -0.15) is 18.3 Å². The van der Waals surface area contributed by atoms with Gasteiger partial charge in [0.25, 0.3) is 0 Å². The number of primary amides is 1. The van der Waals surface area contributed by atoms with Crippen molar-refractivity contribution in [2.24, 2.45) is 5.73 Å². The molecule has 0 saturated heterocycles. The molecule has 1 rings (SSSR count). The summed E-state index contributed by atoms with van der Waals surface area (Å²) in [5.74, 6) is -1.62. The first-order valence-corrected chi connectivity index (χ1v) is 4.15. The largest absolute Gasteiger partial charge is 0.435 e. The van der Waals surface area contributed by atoms with E-state index in [1.165, 1.54) is 0 Å². The molecule has 0 spiro atoms. The molecular formula is C8H8F3N3O2. The summed E-state index contributed by atoms with van der Waals surface area (Å²) < 4.78 is 37.9. The summed E-state index contributed by atoms with van der Waals surface area (Å²) in [6.07, 6.45) is -3.88. The molecule has 0 radical (unpaired) electrons. The van der Waals surface area contributed by atoms with Gasteiger partial charge >= 0.3 is 6.18 Å². The van der Waals surface area contributed by atoms with Gasteiger partial charge in [0.2, 0.25) is 5.91 Å². The SMILES string of the molecule is CC(=O)c1cn(CC(N)=O)nc1C(F)(F)F. The van der Waals surface area contributed by atoms with Crippen molar-refractivity contribution in [1.29, 1.82) is 0 Å². The number of hydrogen-bond donors (Lipinski definition) is 1. The number of Topliss-reactive ketones (excluding diaryl/α,β-unsaturated/α-hetero) is 1. The second kappa shape index (κ2) is 3.95. The smallest absolute Gasteiger partial charge is 0.368 e. The Hall–Kier alpha value is -1.86. The van der Waals surface area contributed by atoms with Gasteiger partial charge in [0.15, 0.2) is 11.5 Å². The summed E-state index contributed by atoms with van der Waals surface area (Å²) in [6.45, 7) is 0.483. The van der Waals surface area contributed by atoms with E-state index in [2.05, 4.69) is 5.10 Å². The van der Waals surface area contributed by atoms with Crippen LogP contribution in [0.25, 0.3) is 0 Å². The van der Waals surface area contributed by atoms with Crippen LogP contribution in [-0.2, 0) is 17.5 Å². The number of halogens is 3. The third-order valence-electron chi connectivity index (χ3n) is 1.73. The summed E-state index contributed by atoms with van der Waals surface area (Å²) in [5.41, 5.74) is 2.92. The standard InChI is InChI=1S/C8H8F3N3O2/c1-4(15)5-2-14(3-6(12)16)13-7(5)8(9,10)11/h2H,3H2,1H3,(H2,12,16). The van der Waals surface area contributed by atoms with Gasteiger partial charge in [-0.05, 0) is 6.92 Å². The van der Waals surface area contributed by atoms with Gasteiger partial charge in [0.05, 0.1) is 5.56 Å². The second-order valence-corrected chi connectivity index (χ2v) is 3.11. The third kappa shape index (κ3) is 2.59. The molecule has 88 valence electrons. The number of rotatable bonds is 3. The highest BCUT2D eigenvalue weighted by atomic mass is 19.4. The zero-order valence-electron chi connectivity index (χ0n) is 8.21. The van der Waals surface area contributed by atoms with E-state index in [0.717, 1.165) is 13.1 Å². The van der Waals surface area contributed by atoms with E-state index in [0.29, 0.717) is 4.68 Å². The molecule has 1 heterocycles. The van der Waals surface area contributed by atoms with Gasteiger partial charge in [0, 0.05) is 6.20 Å². The van der Waals surface area contributed by atoms with Crippen molar-refractivity contribution in [3.63, 3.8) is 0 Å². The first kappa shape index (κ1) is 12.2. The van der Waals surface area contributed by atoms with Crippen LogP contribution in [0.5, 0.6) is 0 Å². The molecule has 0 unspecified atom stereocenters. The molecule has 0 fully saturated rings. The van der Waals surface area contributed by atoms with Crippen LogP contribution in [0.3, 0.4) is 0 Å². The van der Waals surface area contributed by atoms with Crippen molar-refractivity contribution in [1.82, 2.24) is 9.78 Å². The van der Waals surface area contributed by atoms with Gasteiger partial charge in [-0.15, -0.1) is 0 Å². The van der Waals surface area contributed by atoms with Crippen LogP contribution in [0, 0.1) is 0 Å². The number of aromatic nitrogens is 2. The van der Waals surface area contributed by atoms with Crippen molar-refractivity contribution >= 4 is 11.7 Å². The highest BCUT2D eigenvalue weighted by Gasteiger charge is 2.38. The Morgan fingerprint density at radius 2 is 2.06 bits per heavy atom. The molecule has 16 heavy (non-hydrogen) atoms. The number of amides is 1. The lowest BCUT2D eigenvalue weighted by atomic mass is 10.2. The molecular weight excluding hydrogens is 227 g/mol. The number of ketones is 1. The number of carbonyl (C=O) groups is 2. The summed E-state index contributed by atoms with van der Waals surface area (Å²) in [7, 11) is 0. The zero-order valence-corrected chi connectivity index (χ0v) is 8.21. The molecule has 0 saturated carbocycles. The lowest BCUT2D eigenvalue weighted by Gasteiger charge is -2.03. The molecule has 5 nitrogen and oxygen atoms in total. The summed E-state index contributed by atoms with van der Waals surface area (Å²) >= 11 is 0. The predicted molar refractivity (Wildman–Crippen MR) is 46.4 cm³/mol. The predicted octanol–water partition coefficient (Wildman–Crippen LogP) is 0.590. The van der Waals surface area contributed by atoms with E-state index < -0.39 is 35.7 Å². The van der Waals surface area contributed by atoms with Crippen LogP contribution >= 0.6 is 0 Å². The van der Waals surface area contributed by atoms with Gasteiger partial charge in [-0.25, -0.2) is 0 Å². The molecule has 1 aromatic rings. The van der Waals surface area contributed by atoms with E-state index in [-0.39, 0.29) is 0 Å². The highest BCUT2D eigenvalue weighted by Crippen LogP contribution is 2.30. The molecule has 1 aromatic heterocycles. The van der Waals surface area contributed by atoms with Crippen molar-refractivity contribution in [3.8, 4) is 0 Å². The summed E-state index contributed by atoms with van der Waals surface area (Å²) in [6, 6.07) is 0. The Morgan fingerprint density at radius 3 is 2.38 bits per heavy atom. The summed E-state index contributed by atoms with van der Waals surface area (Å²) in [5, 5.41) is 3.11. The minimum Gasteiger partial charge on any atom is -0.368 e. The van der Waals surface area contributed by atoms with Gasteiger partial charge in [-0.3, -0.25) is 14.3 Å². The lowest BCUT2D eigenvalue weighted by molar-refractivity contribution is -0.142. The number of alkyl halides is 3. The van der Waals surface area contributed by atoms with Crippen LogP contribution in [0.4, 0.5) is 13.2 Å². The molecule has 1 amide bonds. The molecule has 0 bridgehead atoms. The van der Waals surface area contributed by atoms with Crippen molar-refractivity contribution in [3.05, 3.63) is 17.5 Å². The maximum Gasteiger partial charge on any atom is 0.435 e. The van der Waals surface area contributed by atoms with Gasteiger partial charge in [0.1, 0.15) is 6.54 Å². The topological polar surface area (TPSA) is 78.0 Å². The van der Waals surface area contributed by atoms with Crippen molar-refractivity contribution < 1.29 is 22.8 Å². The van der Waals surface area contributed by atoms with E-state index in [1.807, 2.05) is 0 Å². The van der Waals surface area contributed by atoms with Crippen LogP contribution in [-0.4, -0.2) is 21.5 Å². The monoisotopic (exact) mass is 235 g/mol. The summed E-state index contributed by atoms with van der Waals surface area (Å²) in [4.78, 5) is 21.4. The number of carbonyl (C=O) groups excluding carboxylic acids is 2. The van der Waals surface area contributed by atoms with Crippen LogP contribution in [0.15, 0.2) is 6.20 Å². The van der Waals surface area contributed by atoms with E-state index >= 15 is 0 Å². The fraction of sp³-hybridized carbons (Fsp3) is 0.375. The average Bonchev–Trinajstić information content (AvgIpc) is 2.45. The maximum absolute atomic E-state index is 12.4. The van der Waals surface area contributed by atoms with Crippen LogP contribution < -0.4 is 5.73 Å². The quantitative estimate of drug-likeness (QED) is 0.779. The Morgan fingerprint density at radius 1 is 1.50 bits per heavy atom. The zero-order chi connectivity index (χ0) is 12.5. The van der Waals surface area contributed by atoms with Crippen LogP contribution in [0.2, 0.25) is 0 Å².